The fourth-order valence-electron chi connectivity index (χ4n) is 4.12. The van der Waals surface area contributed by atoms with Crippen LogP contribution in [0.25, 0.3) is 0 Å². The molecule has 21 heteroatoms. The quantitative estimate of drug-likeness (QED) is 0.145. The summed E-state index contributed by atoms with van der Waals surface area (Å²) in [5.74, 6) is -2.40. The first kappa shape index (κ1) is 43.0. The molecule has 0 radical (unpaired) electrons. The van der Waals surface area contributed by atoms with Crippen LogP contribution >= 0.6 is 69.6 Å². The third-order valence-corrected chi connectivity index (χ3v) is 6.59. The van der Waals surface area contributed by atoms with E-state index in [-0.39, 0.29) is 13.2 Å². The maximum absolute atomic E-state index is 12.8. The van der Waals surface area contributed by atoms with Crippen molar-refractivity contribution < 1.29 is 61.9 Å². The van der Waals surface area contributed by atoms with E-state index >= 15 is 0 Å². The second-order valence-corrected chi connectivity index (χ2v) is 15.3. The first-order valence-corrected chi connectivity index (χ1v) is 16.5. The molecule has 276 valence electrons. The number of hydrogen-bond acceptors (Lipinski definition) is 13. The highest BCUT2D eigenvalue weighted by atomic mass is 35.6. The number of amides is 2. The molecule has 1 saturated heterocycles. The van der Waals surface area contributed by atoms with E-state index in [4.69, 9.17) is 108 Å². The van der Waals surface area contributed by atoms with Gasteiger partial charge in [0.15, 0.2) is 18.5 Å². The Morgan fingerprint density at radius 3 is 1.90 bits per heavy atom. The molecule has 1 fully saturated rings. The second kappa shape index (κ2) is 20.6. The summed E-state index contributed by atoms with van der Waals surface area (Å²) >= 11 is 34.1. The number of nitrogens with one attached hydrogen (secondary N) is 2. The SMILES string of the molecule is CC(=O)OCC1O[C@@H](OCC(COCc2ccccc2)NC(=O)OCC(Cl)(Cl)Cl)C(NC(=O)OCC(Cl)(Cl)Cl)C(OC(C)=O)[C@@H]1OC(C)=O. The number of benzene rings is 1. The number of hydrogen-bond donors (Lipinski definition) is 2. The summed E-state index contributed by atoms with van der Waals surface area (Å²) in [4.78, 5) is 61.3. The molecule has 15 nitrogen and oxygen atoms in total. The Bertz CT molecular complexity index is 1250. The summed E-state index contributed by atoms with van der Waals surface area (Å²) in [5.41, 5.74) is 0.822. The fraction of sp³-hybridized carbons (Fsp3) is 0.607. The van der Waals surface area contributed by atoms with E-state index < -0.39 is 101 Å². The average Bonchev–Trinajstić information content (AvgIpc) is 2.98. The number of alkyl halides is 6. The Balaban J connectivity index is 2.39. The number of alkyl carbamates (subject to hydrolysis) is 2. The Morgan fingerprint density at radius 1 is 0.776 bits per heavy atom. The van der Waals surface area contributed by atoms with Gasteiger partial charge in [-0.2, -0.15) is 0 Å². The van der Waals surface area contributed by atoms with Crippen molar-refractivity contribution in [3.8, 4) is 0 Å². The third-order valence-electron chi connectivity index (χ3n) is 5.93. The number of ether oxygens (including phenoxy) is 8. The van der Waals surface area contributed by atoms with Crippen LogP contribution in [0, 0.1) is 0 Å². The number of halogens is 6. The molecule has 0 spiro atoms. The molecule has 0 saturated carbocycles. The van der Waals surface area contributed by atoms with Gasteiger partial charge in [-0.05, 0) is 5.56 Å². The van der Waals surface area contributed by atoms with Gasteiger partial charge in [-0.1, -0.05) is 99.9 Å². The van der Waals surface area contributed by atoms with E-state index in [1.54, 1.807) is 0 Å². The van der Waals surface area contributed by atoms with Crippen LogP contribution in [0.1, 0.15) is 26.3 Å². The molecule has 1 aliphatic heterocycles. The lowest BCUT2D eigenvalue weighted by atomic mass is 9.96. The Morgan fingerprint density at radius 2 is 1.35 bits per heavy atom. The fourth-order valence-corrected chi connectivity index (χ4v) is 4.44. The highest BCUT2D eigenvalue weighted by molar-refractivity contribution is 6.68. The lowest BCUT2D eigenvalue weighted by Crippen LogP contribution is -2.67. The largest absolute Gasteiger partial charge is 0.463 e. The molecule has 1 aromatic carbocycles. The molecule has 2 N–H and O–H groups in total. The summed E-state index contributed by atoms with van der Waals surface area (Å²) in [6, 6.07) is 6.64. The minimum atomic E-state index is -1.98. The summed E-state index contributed by atoms with van der Waals surface area (Å²) in [6.07, 6.45) is -8.00. The van der Waals surface area contributed by atoms with Gasteiger partial charge in [0.25, 0.3) is 0 Å². The van der Waals surface area contributed by atoms with Crippen LogP contribution in [-0.4, -0.2) is 107 Å². The average molecular weight is 819 g/mol. The molecule has 4 unspecified atom stereocenters. The predicted molar refractivity (Wildman–Crippen MR) is 176 cm³/mol. The third kappa shape index (κ3) is 18.0. The van der Waals surface area contributed by atoms with E-state index in [0.717, 1.165) is 26.3 Å². The van der Waals surface area contributed by atoms with Gasteiger partial charge in [-0.15, -0.1) is 0 Å². The van der Waals surface area contributed by atoms with Crippen LogP contribution in [-0.2, 0) is 58.9 Å². The first-order valence-electron chi connectivity index (χ1n) is 14.2. The second-order valence-electron chi connectivity index (χ2n) is 10.2. The van der Waals surface area contributed by atoms with Crippen molar-refractivity contribution in [1.29, 1.82) is 0 Å². The molecule has 1 heterocycles. The van der Waals surface area contributed by atoms with Crippen molar-refractivity contribution in [2.24, 2.45) is 0 Å². The molecule has 1 aliphatic rings. The Labute approximate surface area is 311 Å². The van der Waals surface area contributed by atoms with E-state index in [2.05, 4.69) is 10.6 Å². The van der Waals surface area contributed by atoms with Crippen LogP contribution < -0.4 is 10.6 Å². The zero-order valence-electron chi connectivity index (χ0n) is 26.2. The van der Waals surface area contributed by atoms with Crippen molar-refractivity contribution in [2.75, 3.05) is 33.0 Å². The lowest BCUT2D eigenvalue weighted by Gasteiger charge is -2.45. The van der Waals surface area contributed by atoms with Gasteiger partial charge in [0.1, 0.15) is 32.0 Å². The van der Waals surface area contributed by atoms with Gasteiger partial charge in [-0.3, -0.25) is 14.4 Å². The molecule has 0 aromatic heterocycles. The van der Waals surface area contributed by atoms with Gasteiger partial charge >= 0.3 is 30.1 Å². The number of rotatable bonds is 15. The minimum Gasteiger partial charge on any atom is -0.463 e. The van der Waals surface area contributed by atoms with Crippen LogP contribution in [0.4, 0.5) is 9.59 Å². The Hall–Kier alpha value is -2.21. The molecular formula is C28H34Cl6N2O13. The van der Waals surface area contributed by atoms with Crippen LogP contribution in [0.3, 0.4) is 0 Å². The zero-order valence-corrected chi connectivity index (χ0v) is 30.7. The molecule has 49 heavy (non-hydrogen) atoms. The maximum Gasteiger partial charge on any atom is 0.407 e. The van der Waals surface area contributed by atoms with Crippen LogP contribution in [0.15, 0.2) is 30.3 Å². The lowest BCUT2D eigenvalue weighted by molar-refractivity contribution is -0.278. The summed E-state index contributed by atoms with van der Waals surface area (Å²) in [7, 11) is 0. The van der Waals surface area contributed by atoms with E-state index in [9.17, 15) is 24.0 Å². The monoisotopic (exact) mass is 816 g/mol. The molecule has 1 aromatic rings. The van der Waals surface area contributed by atoms with Crippen molar-refractivity contribution in [1.82, 2.24) is 10.6 Å². The van der Waals surface area contributed by atoms with Crippen molar-refractivity contribution in [3.05, 3.63) is 35.9 Å². The van der Waals surface area contributed by atoms with E-state index in [1.165, 1.54) is 0 Å². The summed E-state index contributed by atoms with van der Waals surface area (Å²) in [6.45, 7) is 1.05. The van der Waals surface area contributed by atoms with Gasteiger partial charge in [0, 0.05) is 20.8 Å². The van der Waals surface area contributed by atoms with Gasteiger partial charge < -0.3 is 48.5 Å². The zero-order chi connectivity index (χ0) is 36.8. The number of carbonyl (C=O) groups is 5. The van der Waals surface area contributed by atoms with Gasteiger partial charge in [0.05, 0.1) is 25.9 Å². The molecular weight excluding hydrogens is 785 g/mol. The highest BCUT2D eigenvalue weighted by Gasteiger charge is 2.52. The standard InChI is InChI=1S/C28H34Cl6N2O13/c1-15(37)43-12-20-22(47-16(2)38)23(48-17(3)39)21(36-26(41)46-14-28(32,33)34)24(49-20)44-11-19(35-25(40)45-13-27(29,30)31)10-42-9-18-7-5-4-6-8-18/h4-8,19-24H,9-14H2,1-3H3,(H,35,40)(H,36,41)/t19?,20?,21?,22-,23?,24-/m1/s1. The van der Waals surface area contributed by atoms with Crippen LogP contribution in [0.2, 0.25) is 0 Å². The van der Waals surface area contributed by atoms with E-state index in [1.807, 2.05) is 30.3 Å². The summed E-state index contributed by atoms with van der Waals surface area (Å²) in [5, 5.41) is 4.92. The van der Waals surface area contributed by atoms with Crippen molar-refractivity contribution in [2.45, 2.75) is 71.6 Å². The smallest absolute Gasteiger partial charge is 0.407 e. The number of esters is 3. The summed E-state index contributed by atoms with van der Waals surface area (Å²) < 4.78 is 39.7. The Kier molecular flexibility index (Phi) is 18.1. The molecule has 0 aliphatic carbocycles. The first-order chi connectivity index (χ1) is 22.8. The minimum absolute atomic E-state index is 0.143. The number of carbonyl (C=O) groups excluding carboxylic acids is 5. The van der Waals surface area contributed by atoms with Gasteiger partial charge in [0.2, 0.25) is 7.59 Å². The molecule has 0 bridgehead atoms. The predicted octanol–water partition coefficient (Wildman–Crippen LogP) is 4.30. The van der Waals surface area contributed by atoms with Gasteiger partial charge in [-0.25, -0.2) is 9.59 Å². The van der Waals surface area contributed by atoms with Crippen LogP contribution in [0.5, 0.6) is 0 Å². The van der Waals surface area contributed by atoms with Crippen molar-refractivity contribution >= 4 is 99.7 Å². The highest BCUT2D eigenvalue weighted by Crippen LogP contribution is 2.30. The van der Waals surface area contributed by atoms with E-state index in [0.29, 0.717) is 0 Å². The normalized spacial score (nSPS) is 21.4. The molecule has 2 amide bonds. The topological polar surface area (TPSA) is 183 Å². The maximum atomic E-state index is 12.8. The van der Waals surface area contributed by atoms with Crippen molar-refractivity contribution in [3.63, 3.8) is 0 Å². The molecule has 6 atom stereocenters. The molecule has 2 rings (SSSR count).